The molecule has 0 aromatic heterocycles. The summed E-state index contributed by atoms with van der Waals surface area (Å²) in [7, 11) is -3.84. The molecule has 1 saturated heterocycles. The average Bonchev–Trinajstić information content (AvgIpc) is 3.18. The van der Waals surface area contributed by atoms with Crippen LogP contribution in [0.25, 0.3) is 0 Å². The summed E-state index contributed by atoms with van der Waals surface area (Å²) in [6.45, 7) is 4.61. The van der Waals surface area contributed by atoms with Crippen LogP contribution in [0.15, 0.2) is 52.3 Å². The number of likely N-dealkylation sites (tertiary alicyclic amines) is 1. The van der Waals surface area contributed by atoms with Crippen molar-refractivity contribution in [3.05, 3.63) is 59.2 Å². The summed E-state index contributed by atoms with van der Waals surface area (Å²) in [6, 6.07) is 10.8. The molecule has 2 aliphatic rings. The molecule has 28 heavy (non-hydrogen) atoms. The van der Waals surface area contributed by atoms with E-state index in [4.69, 9.17) is 0 Å². The molecule has 0 saturated carbocycles. The molecule has 4 rings (SSSR count). The Morgan fingerprint density at radius 2 is 1.89 bits per heavy atom. The van der Waals surface area contributed by atoms with Crippen LogP contribution in [0.5, 0.6) is 0 Å². The monoisotopic (exact) mass is 398 g/mol. The topological polar surface area (TPSA) is 83.6 Å². The number of nitrogens with zero attached hydrogens (tertiary/aromatic N) is 1. The lowest BCUT2D eigenvalue weighted by Crippen LogP contribution is -2.40. The highest BCUT2D eigenvalue weighted by molar-refractivity contribution is 7.91. The van der Waals surface area contributed by atoms with Gasteiger partial charge in [-0.1, -0.05) is 19.1 Å². The van der Waals surface area contributed by atoms with E-state index in [0.717, 1.165) is 25.9 Å². The van der Waals surface area contributed by atoms with Crippen LogP contribution in [0, 0.1) is 0 Å². The molecule has 2 heterocycles. The summed E-state index contributed by atoms with van der Waals surface area (Å²) >= 11 is 0. The first kappa shape index (κ1) is 18.8. The van der Waals surface area contributed by atoms with Crippen LogP contribution in [0.3, 0.4) is 0 Å². The standard InChI is InChI=1S/C21H22N2O4S/c1-2-23-11-5-6-15(23)13-22-21(25)14-9-10-17-19(12-14)28(26,27)18-8-4-3-7-16(18)20(17)24/h3-4,7-10,12,15H,2,5-6,11,13H2,1H3,(H,22,25)/t15-/m1/s1. The van der Waals surface area contributed by atoms with Crippen LogP contribution in [-0.4, -0.2) is 50.7 Å². The van der Waals surface area contributed by atoms with Gasteiger partial charge in [0, 0.05) is 29.3 Å². The highest BCUT2D eigenvalue weighted by atomic mass is 32.2. The van der Waals surface area contributed by atoms with Crippen molar-refractivity contribution in [2.75, 3.05) is 19.6 Å². The van der Waals surface area contributed by atoms with Gasteiger partial charge in [0.05, 0.1) is 9.79 Å². The van der Waals surface area contributed by atoms with Crippen LogP contribution in [-0.2, 0) is 9.84 Å². The van der Waals surface area contributed by atoms with E-state index < -0.39 is 9.84 Å². The largest absolute Gasteiger partial charge is 0.350 e. The Kier molecular flexibility index (Phi) is 4.81. The molecular weight excluding hydrogens is 376 g/mol. The van der Waals surface area contributed by atoms with Crippen molar-refractivity contribution in [2.45, 2.75) is 35.6 Å². The normalized spacial score (nSPS) is 20.5. The lowest BCUT2D eigenvalue weighted by Gasteiger charge is -2.23. The minimum atomic E-state index is -3.84. The number of sulfone groups is 1. The van der Waals surface area contributed by atoms with Crippen molar-refractivity contribution < 1.29 is 18.0 Å². The molecule has 1 fully saturated rings. The molecule has 7 heteroatoms. The highest BCUT2D eigenvalue weighted by Gasteiger charge is 2.35. The molecule has 2 aromatic rings. The fourth-order valence-electron chi connectivity index (χ4n) is 4.08. The molecule has 0 radical (unpaired) electrons. The fourth-order valence-corrected chi connectivity index (χ4v) is 5.76. The Labute approximate surface area is 164 Å². The van der Waals surface area contributed by atoms with Crippen molar-refractivity contribution in [1.82, 2.24) is 10.2 Å². The number of amides is 1. The maximum Gasteiger partial charge on any atom is 0.251 e. The predicted octanol–water partition coefficient (Wildman–Crippen LogP) is 2.28. The molecule has 1 N–H and O–H groups in total. The molecule has 0 bridgehead atoms. The zero-order valence-electron chi connectivity index (χ0n) is 15.6. The maximum absolute atomic E-state index is 13.0. The van der Waals surface area contributed by atoms with E-state index in [1.807, 2.05) is 0 Å². The van der Waals surface area contributed by atoms with Gasteiger partial charge in [-0.05, 0) is 56.3 Å². The van der Waals surface area contributed by atoms with Crippen molar-refractivity contribution >= 4 is 21.5 Å². The second-order valence-corrected chi connectivity index (χ2v) is 9.06. The van der Waals surface area contributed by atoms with Crippen LogP contribution in [0.2, 0.25) is 0 Å². The molecule has 0 aliphatic carbocycles. The maximum atomic E-state index is 13.0. The number of likely N-dealkylation sites (N-methyl/N-ethyl adjacent to an activating group) is 1. The smallest absolute Gasteiger partial charge is 0.251 e. The van der Waals surface area contributed by atoms with Crippen molar-refractivity contribution in [1.29, 1.82) is 0 Å². The Morgan fingerprint density at radius 3 is 2.68 bits per heavy atom. The third-order valence-electron chi connectivity index (χ3n) is 5.60. The fraction of sp³-hybridized carbons (Fsp3) is 0.333. The number of fused-ring (bicyclic) bond motifs is 2. The van der Waals surface area contributed by atoms with E-state index >= 15 is 0 Å². The number of rotatable bonds is 4. The first-order valence-electron chi connectivity index (χ1n) is 9.48. The Balaban J connectivity index is 1.61. The van der Waals surface area contributed by atoms with E-state index in [1.165, 1.54) is 30.3 Å². The van der Waals surface area contributed by atoms with E-state index in [1.54, 1.807) is 12.1 Å². The number of hydrogen-bond donors (Lipinski definition) is 1. The molecular formula is C21H22N2O4S. The second kappa shape index (κ2) is 7.14. The van der Waals surface area contributed by atoms with Gasteiger partial charge >= 0.3 is 0 Å². The van der Waals surface area contributed by atoms with E-state index in [-0.39, 0.29) is 38.2 Å². The third-order valence-corrected chi connectivity index (χ3v) is 7.45. The molecule has 1 amide bonds. The molecule has 146 valence electrons. The van der Waals surface area contributed by atoms with E-state index in [0.29, 0.717) is 12.6 Å². The summed E-state index contributed by atoms with van der Waals surface area (Å²) in [6.07, 6.45) is 2.16. The van der Waals surface area contributed by atoms with Crippen LogP contribution in [0.1, 0.15) is 46.0 Å². The van der Waals surface area contributed by atoms with Gasteiger partial charge in [-0.25, -0.2) is 8.42 Å². The molecule has 1 atom stereocenters. The van der Waals surface area contributed by atoms with E-state index in [2.05, 4.69) is 17.1 Å². The molecule has 0 spiro atoms. The number of benzene rings is 2. The molecule has 0 unspecified atom stereocenters. The number of ketones is 1. The van der Waals surface area contributed by atoms with Gasteiger partial charge in [-0.15, -0.1) is 0 Å². The Morgan fingerprint density at radius 1 is 1.14 bits per heavy atom. The zero-order chi connectivity index (χ0) is 19.9. The number of hydrogen-bond acceptors (Lipinski definition) is 5. The van der Waals surface area contributed by atoms with Gasteiger partial charge in [0.1, 0.15) is 0 Å². The molecule has 2 aromatic carbocycles. The number of carbonyl (C=O) groups excluding carboxylic acids is 2. The first-order valence-corrected chi connectivity index (χ1v) is 11.0. The van der Waals surface area contributed by atoms with Gasteiger partial charge < -0.3 is 5.32 Å². The van der Waals surface area contributed by atoms with Gasteiger partial charge in [-0.2, -0.15) is 0 Å². The van der Waals surface area contributed by atoms with E-state index in [9.17, 15) is 18.0 Å². The Bertz CT molecular complexity index is 1060. The van der Waals surface area contributed by atoms with Gasteiger partial charge in [-0.3, -0.25) is 14.5 Å². The SMILES string of the molecule is CCN1CCC[C@@H]1CNC(=O)c1ccc2c(c1)S(=O)(=O)c1ccccc1C2=O. The van der Waals surface area contributed by atoms with Crippen molar-refractivity contribution in [3.8, 4) is 0 Å². The summed E-state index contributed by atoms with van der Waals surface area (Å²) in [5.41, 5.74) is 0.534. The lowest BCUT2D eigenvalue weighted by atomic mass is 10.0. The van der Waals surface area contributed by atoms with Crippen LogP contribution in [0.4, 0.5) is 0 Å². The summed E-state index contributed by atoms with van der Waals surface area (Å²) in [4.78, 5) is 27.5. The van der Waals surface area contributed by atoms with Crippen molar-refractivity contribution in [3.63, 3.8) is 0 Å². The van der Waals surface area contributed by atoms with Crippen molar-refractivity contribution in [2.24, 2.45) is 0 Å². The zero-order valence-corrected chi connectivity index (χ0v) is 16.5. The summed E-state index contributed by atoms with van der Waals surface area (Å²) < 4.78 is 25.9. The molecule has 2 aliphatic heterocycles. The molecule has 6 nitrogen and oxygen atoms in total. The first-order chi connectivity index (χ1) is 13.4. The number of carbonyl (C=O) groups is 2. The minimum absolute atomic E-state index is 0.00500. The van der Waals surface area contributed by atoms with Gasteiger partial charge in [0.2, 0.25) is 9.84 Å². The lowest BCUT2D eigenvalue weighted by molar-refractivity contribution is 0.0939. The predicted molar refractivity (Wildman–Crippen MR) is 104 cm³/mol. The van der Waals surface area contributed by atoms with Crippen LogP contribution >= 0.6 is 0 Å². The van der Waals surface area contributed by atoms with Crippen LogP contribution < -0.4 is 5.32 Å². The summed E-state index contributed by atoms with van der Waals surface area (Å²) in [5, 5.41) is 2.91. The third kappa shape index (κ3) is 3.04. The highest BCUT2D eigenvalue weighted by Crippen LogP contribution is 2.34. The average molecular weight is 398 g/mol. The summed E-state index contributed by atoms with van der Waals surface area (Å²) in [5.74, 6) is -0.663. The Hall–Kier alpha value is -2.51. The van der Waals surface area contributed by atoms with Gasteiger partial charge in [0.25, 0.3) is 5.91 Å². The number of nitrogens with one attached hydrogen (secondary N) is 1. The minimum Gasteiger partial charge on any atom is -0.350 e. The quantitative estimate of drug-likeness (QED) is 0.729. The second-order valence-electron chi connectivity index (χ2n) is 7.17. The van der Waals surface area contributed by atoms with Gasteiger partial charge in [0.15, 0.2) is 5.78 Å².